The Morgan fingerprint density at radius 3 is 0.976 bits per heavy atom. The topological polar surface area (TPSA) is 307 Å². The van der Waals surface area contributed by atoms with Gasteiger partial charge in [0.25, 0.3) is 0 Å². The number of hydrogen-bond acceptors (Lipinski definition) is 12. The molecule has 2 aromatic carbocycles. The Labute approximate surface area is 248 Å². The molecule has 0 aliphatic heterocycles. The molecule has 14 nitrogen and oxygen atoms in total. The Morgan fingerprint density at radius 1 is 0.512 bits per heavy atom. The van der Waals surface area contributed by atoms with E-state index in [1.54, 1.807) is 0 Å². The van der Waals surface area contributed by atoms with Crippen LogP contribution in [0.3, 0.4) is 0 Å². The second-order valence-corrected chi connectivity index (χ2v) is 10.3. The third-order valence-corrected chi connectivity index (χ3v) is 6.74. The molecule has 12 N–H and O–H groups in total. The van der Waals surface area contributed by atoms with Crippen LogP contribution in [0.15, 0.2) is 82.6 Å². The van der Waals surface area contributed by atoms with Gasteiger partial charge < -0.3 is 43.0 Å². The second-order valence-electron chi connectivity index (χ2n) is 7.57. The predicted molar refractivity (Wildman–Crippen MR) is 147 cm³/mol. The van der Waals surface area contributed by atoms with Gasteiger partial charge in [-0.2, -0.15) is 0 Å². The predicted octanol–water partition coefficient (Wildman–Crippen LogP) is -1.01. The van der Waals surface area contributed by atoms with Gasteiger partial charge in [0.2, 0.25) is 0 Å². The summed E-state index contributed by atoms with van der Waals surface area (Å²) in [4.78, 5) is 7.22. The Morgan fingerprint density at radius 2 is 0.756 bits per heavy atom. The summed E-state index contributed by atoms with van der Waals surface area (Å²) in [7, 11) is -9.48. The van der Waals surface area contributed by atoms with Gasteiger partial charge in [-0.05, 0) is 36.4 Å². The van der Waals surface area contributed by atoms with Crippen LogP contribution in [0.1, 0.15) is 22.8 Å². The Balaban J connectivity index is 0. The van der Waals surface area contributed by atoms with Gasteiger partial charge in [-0.1, -0.05) is 36.4 Å². The number of nitrogens with zero attached hydrogens (tertiary/aromatic N) is 2. The fraction of sp³-hybridized carbons (Fsp3) is 0.167. The molecule has 0 saturated heterocycles. The van der Waals surface area contributed by atoms with Crippen molar-refractivity contribution in [2.75, 3.05) is 0 Å². The summed E-state index contributed by atoms with van der Waals surface area (Å²) in [6.07, 6.45) is 0. The standard InChI is InChI=1S/C10H8O6S2.2C7H11N3.Fe.2H2O/c11-17(12,13)9-5-1-3-7-8(9)4-2-6-10(7)18(14,15)16;2*8-4-6-2-1-3-7(5-9)10-6;;;/h1-6H,(H,11,12,13)(H,14,15,16);2*1-3H,4-5,8-9H2;;2*1H2/q;;;+6;;/p-2. The fourth-order valence-corrected chi connectivity index (χ4v) is 4.59. The van der Waals surface area contributed by atoms with E-state index in [-0.39, 0.29) is 38.8 Å². The van der Waals surface area contributed by atoms with E-state index >= 15 is 0 Å². The van der Waals surface area contributed by atoms with Crippen molar-refractivity contribution in [3.05, 3.63) is 95.6 Å². The van der Waals surface area contributed by atoms with Crippen molar-refractivity contribution in [3.8, 4) is 0 Å². The zero-order valence-electron chi connectivity index (χ0n) is 21.6. The van der Waals surface area contributed by atoms with Gasteiger partial charge in [0.05, 0.1) is 32.6 Å². The van der Waals surface area contributed by atoms with Crippen LogP contribution in [0.25, 0.3) is 10.8 Å². The minimum atomic E-state index is -4.74. The first-order valence-electron chi connectivity index (χ1n) is 11.1. The first-order chi connectivity index (χ1) is 17.9. The van der Waals surface area contributed by atoms with E-state index in [0.717, 1.165) is 34.9 Å². The van der Waals surface area contributed by atoms with Crippen LogP contribution in [0, 0.1) is 0 Å². The van der Waals surface area contributed by atoms with Gasteiger partial charge in [-0.25, -0.2) is 16.8 Å². The summed E-state index contributed by atoms with van der Waals surface area (Å²) in [6.45, 7) is 1.92. The molecule has 0 bridgehead atoms. The third kappa shape index (κ3) is 12.2. The van der Waals surface area contributed by atoms with E-state index < -0.39 is 30.0 Å². The Kier molecular flexibility index (Phi) is 18.2. The quantitative estimate of drug-likeness (QED) is 0.144. The van der Waals surface area contributed by atoms with Gasteiger partial charge in [0.1, 0.15) is 20.2 Å². The maximum Gasteiger partial charge on any atom is 6.00 e. The first kappa shape index (κ1) is 40.2. The summed E-state index contributed by atoms with van der Waals surface area (Å²) in [6, 6.07) is 18.5. The number of benzene rings is 2. The molecule has 0 atom stereocenters. The van der Waals surface area contributed by atoms with Crippen LogP contribution in [0.4, 0.5) is 0 Å². The van der Waals surface area contributed by atoms with E-state index in [1.165, 1.54) is 24.3 Å². The van der Waals surface area contributed by atoms with Gasteiger partial charge in [0.15, 0.2) is 0 Å². The van der Waals surface area contributed by atoms with Crippen LogP contribution in [-0.4, -0.2) is 46.9 Å². The number of pyridine rings is 2. The summed E-state index contributed by atoms with van der Waals surface area (Å²) in [5, 5.41) is -0.158. The number of nitrogens with two attached hydrogens (primary N) is 4. The summed E-state index contributed by atoms with van der Waals surface area (Å²) >= 11 is 0. The second kappa shape index (κ2) is 18.5. The molecule has 0 aliphatic rings. The number of rotatable bonds is 6. The van der Waals surface area contributed by atoms with Gasteiger partial charge in [0, 0.05) is 37.0 Å². The van der Waals surface area contributed by atoms with E-state index in [1.807, 2.05) is 36.4 Å². The Bertz CT molecular complexity index is 1440. The largest absolute Gasteiger partial charge is 6.00 e. The minimum Gasteiger partial charge on any atom is -0.744 e. The molecule has 0 saturated carbocycles. The van der Waals surface area contributed by atoms with Crippen molar-refractivity contribution in [1.82, 2.24) is 9.97 Å². The molecule has 2 aromatic heterocycles. The molecule has 41 heavy (non-hydrogen) atoms. The van der Waals surface area contributed by atoms with Gasteiger partial charge in [-0.15, -0.1) is 0 Å². The minimum absolute atomic E-state index is 0. The average Bonchev–Trinajstić information content (AvgIpc) is 2.92. The average molecular weight is 653 g/mol. The molecule has 0 amide bonds. The number of hydrogen-bond donors (Lipinski definition) is 4. The molecule has 4 rings (SSSR count). The van der Waals surface area contributed by atoms with Crippen molar-refractivity contribution < 1.29 is 54.0 Å². The van der Waals surface area contributed by atoms with E-state index in [4.69, 9.17) is 22.9 Å². The van der Waals surface area contributed by atoms with Crippen molar-refractivity contribution in [2.24, 2.45) is 22.9 Å². The molecule has 0 spiro atoms. The van der Waals surface area contributed by atoms with Crippen molar-refractivity contribution >= 4 is 31.0 Å². The number of fused-ring (bicyclic) bond motifs is 1. The third-order valence-electron chi connectivity index (χ3n) is 4.95. The Hall–Kier alpha value is -2.90. The molecule has 4 aromatic rings. The van der Waals surface area contributed by atoms with Crippen LogP contribution >= 0.6 is 0 Å². The molecular weight excluding hydrogens is 620 g/mol. The molecule has 0 unspecified atom stereocenters. The smallest absolute Gasteiger partial charge is 0.744 e. The SMILES string of the molecule is NCc1cccc(CN)n1.NCc1cccc(CN)n1.O.O.O=S(=O)([O-])c1cccc2c(S(=O)(=O)[O-])cccc12.[Fe+6]. The maximum absolute atomic E-state index is 11.0. The normalized spacial score (nSPS) is 10.4. The summed E-state index contributed by atoms with van der Waals surface area (Å²) in [5.74, 6) is 0. The van der Waals surface area contributed by atoms with Gasteiger partial charge >= 0.3 is 17.1 Å². The van der Waals surface area contributed by atoms with Crippen LogP contribution < -0.4 is 22.9 Å². The molecule has 0 aliphatic carbocycles. The van der Waals surface area contributed by atoms with Gasteiger partial charge in [-0.3, -0.25) is 9.97 Å². The zero-order chi connectivity index (χ0) is 28.3. The molecular formula is C24H32FeN6O8S2+4. The molecule has 0 radical (unpaired) electrons. The van der Waals surface area contributed by atoms with Crippen molar-refractivity contribution in [2.45, 2.75) is 36.0 Å². The molecule has 0 fully saturated rings. The van der Waals surface area contributed by atoms with Crippen molar-refractivity contribution in [1.29, 1.82) is 0 Å². The molecule has 222 valence electrons. The molecule has 17 heteroatoms. The zero-order valence-corrected chi connectivity index (χ0v) is 24.3. The van der Waals surface area contributed by atoms with Crippen LogP contribution in [-0.2, 0) is 63.5 Å². The van der Waals surface area contributed by atoms with E-state index in [9.17, 15) is 25.9 Å². The first-order valence-corrected chi connectivity index (χ1v) is 13.9. The summed E-state index contributed by atoms with van der Waals surface area (Å²) < 4.78 is 66.1. The summed E-state index contributed by atoms with van der Waals surface area (Å²) in [5.41, 5.74) is 25.0. The molecule has 2 heterocycles. The number of aromatic nitrogens is 2. The van der Waals surface area contributed by atoms with Crippen LogP contribution in [0.5, 0.6) is 0 Å². The monoisotopic (exact) mass is 652 g/mol. The maximum atomic E-state index is 11.0. The van der Waals surface area contributed by atoms with Crippen LogP contribution in [0.2, 0.25) is 0 Å². The van der Waals surface area contributed by atoms with E-state index in [2.05, 4.69) is 9.97 Å². The van der Waals surface area contributed by atoms with Crippen molar-refractivity contribution in [3.63, 3.8) is 0 Å². The van der Waals surface area contributed by atoms with E-state index in [0.29, 0.717) is 26.2 Å². The fourth-order valence-electron chi connectivity index (χ4n) is 3.20.